The van der Waals surface area contributed by atoms with E-state index in [0.29, 0.717) is 6.54 Å². The Bertz CT molecular complexity index is 751. The van der Waals surface area contributed by atoms with Crippen LogP contribution in [0.2, 0.25) is 0 Å². The minimum atomic E-state index is 0.703. The minimum absolute atomic E-state index is 0.703. The van der Waals surface area contributed by atoms with E-state index in [0.717, 1.165) is 16.8 Å². The molecule has 2 heterocycles. The highest BCUT2D eigenvalue weighted by molar-refractivity contribution is 5.88. The molecule has 0 N–H and O–H groups in total. The van der Waals surface area contributed by atoms with Crippen molar-refractivity contribution in [1.82, 2.24) is 14.8 Å². The predicted octanol–water partition coefficient (Wildman–Crippen LogP) is 2.97. The Hall–Kier alpha value is -2.95. The fourth-order valence-electron chi connectivity index (χ4n) is 2.22. The van der Waals surface area contributed by atoms with Crippen molar-refractivity contribution in [1.29, 1.82) is 0 Å². The lowest BCUT2D eigenvalue weighted by atomic mass is 10.1. The van der Waals surface area contributed by atoms with Crippen LogP contribution in [0.1, 0.15) is 11.1 Å². The first kappa shape index (κ1) is 14.0. The van der Waals surface area contributed by atoms with Crippen LogP contribution in [0.25, 0.3) is 11.3 Å². The van der Waals surface area contributed by atoms with E-state index in [1.807, 2.05) is 41.2 Å². The molecule has 0 aliphatic rings. The molecule has 110 valence electrons. The van der Waals surface area contributed by atoms with Gasteiger partial charge in [-0.2, -0.15) is 5.10 Å². The molecule has 3 aromatic rings. The van der Waals surface area contributed by atoms with Gasteiger partial charge in [-0.05, 0) is 17.7 Å². The first-order chi connectivity index (χ1) is 10.9. The summed E-state index contributed by atoms with van der Waals surface area (Å²) in [6.45, 7) is 0.703. The molecule has 0 atom stereocenters. The lowest BCUT2D eigenvalue weighted by Gasteiger charge is -2.01. The zero-order valence-electron chi connectivity index (χ0n) is 12.3. The number of oxime groups is 1. The van der Waals surface area contributed by atoms with Crippen LogP contribution in [0.15, 0.2) is 66.2 Å². The second-order valence-electron chi connectivity index (χ2n) is 4.78. The molecule has 2 aromatic heterocycles. The smallest absolute Gasteiger partial charge is 0.106 e. The Morgan fingerprint density at radius 3 is 2.77 bits per heavy atom. The molecule has 5 nitrogen and oxygen atoms in total. The van der Waals surface area contributed by atoms with Crippen LogP contribution in [0, 0.1) is 0 Å². The van der Waals surface area contributed by atoms with E-state index in [1.165, 1.54) is 12.7 Å². The number of hydrogen-bond donors (Lipinski definition) is 0. The van der Waals surface area contributed by atoms with Crippen molar-refractivity contribution in [3.05, 3.63) is 72.2 Å². The van der Waals surface area contributed by atoms with Gasteiger partial charge in [-0.25, -0.2) is 0 Å². The Morgan fingerprint density at radius 1 is 1.18 bits per heavy atom. The summed E-state index contributed by atoms with van der Waals surface area (Å²) in [4.78, 5) is 8.93. The van der Waals surface area contributed by atoms with Crippen LogP contribution in [-0.4, -0.2) is 28.1 Å². The Balaban J connectivity index is 1.96. The molecule has 0 radical (unpaired) electrons. The molecule has 0 saturated heterocycles. The molecule has 3 rings (SSSR count). The molecule has 0 unspecified atom stereocenters. The quantitative estimate of drug-likeness (QED) is 0.536. The highest BCUT2D eigenvalue weighted by Crippen LogP contribution is 2.20. The summed E-state index contributed by atoms with van der Waals surface area (Å²) >= 11 is 0. The number of benzene rings is 1. The highest BCUT2D eigenvalue weighted by Gasteiger charge is 2.10. The molecule has 1 aromatic carbocycles. The molecule has 22 heavy (non-hydrogen) atoms. The molecule has 0 aliphatic heterocycles. The van der Waals surface area contributed by atoms with Crippen LogP contribution in [0.4, 0.5) is 0 Å². The van der Waals surface area contributed by atoms with Crippen LogP contribution >= 0.6 is 0 Å². The summed E-state index contributed by atoms with van der Waals surface area (Å²) in [6.07, 6.45) is 7.15. The van der Waals surface area contributed by atoms with Gasteiger partial charge in [0.05, 0.1) is 12.8 Å². The Kier molecular flexibility index (Phi) is 4.25. The van der Waals surface area contributed by atoms with Crippen molar-refractivity contribution in [2.45, 2.75) is 6.54 Å². The Labute approximate surface area is 128 Å². The highest BCUT2D eigenvalue weighted by atomic mass is 16.6. The summed E-state index contributed by atoms with van der Waals surface area (Å²) in [5, 5.41) is 8.51. The summed E-state index contributed by atoms with van der Waals surface area (Å²) in [5.74, 6) is 0. The zero-order chi connectivity index (χ0) is 15.2. The molecule has 0 bridgehead atoms. The molecular formula is C17H16N4O. The van der Waals surface area contributed by atoms with E-state index < -0.39 is 0 Å². The maximum atomic E-state index is 4.78. The monoisotopic (exact) mass is 292 g/mol. The van der Waals surface area contributed by atoms with Crippen molar-refractivity contribution in [3.63, 3.8) is 0 Å². The van der Waals surface area contributed by atoms with Crippen molar-refractivity contribution in [3.8, 4) is 11.3 Å². The standard InChI is InChI=1S/C17H16N4O/c1-22-19-11-16-13-21(12-14-6-3-2-4-7-14)20-17(16)15-8-5-9-18-10-15/h2-11,13H,12H2,1H3. The van der Waals surface area contributed by atoms with E-state index in [1.54, 1.807) is 18.6 Å². The van der Waals surface area contributed by atoms with Crippen molar-refractivity contribution in [2.24, 2.45) is 5.16 Å². The van der Waals surface area contributed by atoms with Gasteiger partial charge in [0.2, 0.25) is 0 Å². The first-order valence-electron chi connectivity index (χ1n) is 6.95. The third-order valence-corrected chi connectivity index (χ3v) is 3.21. The van der Waals surface area contributed by atoms with Crippen molar-refractivity contribution >= 4 is 6.21 Å². The van der Waals surface area contributed by atoms with Gasteiger partial charge in [-0.1, -0.05) is 35.5 Å². The van der Waals surface area contributed by atoms with Gasteiger partial charge >= 0.3 is 0 Å². The fourth-order valence-corrected chi connectivity index (χ4v) is 2.22. The number of pyridine rings is 1. The normalized spacial score (nSPS) is 11.0. The lowest BCUT2D eigenvalue weighted by Crippen LogP contribution is -2.00. The predicted molar refractivity (Wildman–Crippen MR) is 85.6 cm³/mol. The topological polar surface area (TPSA) is 52.3 Å². The number of aromatic nitrogens is 3. The third-order valence-electron chi connectivity index (χ3n) is 3.21. The van der Waals surface area contributed by atoms with Gasteiger partial charge in [-0.3, -0.25) is 9.67 Å². The van der Waals surface area contributed by atoms with E-state index >= 15 is 0 Å². The van der Waals surface area contributed by atoms with Gasteiger partial charge in [0.25, 0.3) is 0 Å². The Morgan fingerprint density at radius 2 is 2.05 bits per heavy atom. The number of nitrogens with zero attached hydrogens (tertiary/aromatic N) is 4. The second kappa shape index (κ2) is 6.67. The molecular weight excluding hydrogens is 276 g/mol. The summed E-state index contributed by atoms with van der Waals surface area (Å²) in [5.41, 5.74) is 3.88. The lowest BCUT2D eigenvalue weighted by molar-refractivity contribution is 0.215. The number of rotatable bonds is 5. The van der Waals surface area contributed by atoms with E-state index in [-0.39, 0.29) is 0 Å². The van der Waals surface area contributed by atoms with Crippen LogP contribution < -0.4 is 0 Å². The van der Waals surface area contributed by atoms with E-state index in [4.69, 9.17) is 4.84 Å². The molecule has 0 saturated carbocycles. The number of hydrogen-bond acceptors (Lipinski definition) is 4. The SMILES string of the molecule is CON=Cc1cn(Cc2ccccc2)nc1-c1cccnc1. The maximum absolute atomic E-state index is 4.78. The fraction of sp³-hybridized carbons (Fsp3) is 0.118. The van der Waals surface area contributed by atoms with Crippen LogP contribution in [-0.2, 0) is 11.4 Å². The van der Waals surface area contributed by atoms with Gasteiger partial charge in [0, 0.05) is 29.7 Å². The van der Waals surface area contributed by atoms with Gasteiger partial charge in [0.1, 0.15) is 12.8 Å². The van der Waals surface area contributed by atoms with E-state index in [9.17, 15) is 0 Å². The minimum Gasteiger partial charge on any atom is -0.399 e. The maximum Gasteiger partial charge on any atom is 0.106 e. The summed E-state index contributed by atoms with van der Waals surface area (Å²) < 4.78 is 1.90. The molecule has 0 spiro atoms. The molecule has 5 heteroatoms. The van der Waals surface area contributed by atoms with Gasteiger partial charge < -0.3 is 4.84 Å². The largest absolute Gasteiger partial charge is 0.399 e. The molecule has 0 fully saturated rings. The van der Waals surface area contributed by atoms with Crippen molar-refractivity contribution in [2.75, 3.05) is 7.11 Å². The first-order valence-corrected chi connectivity index (χ1v) is 6.95. The third kappa shape index (κ3) is 3.20. The average Bonchev–Trinajstić information content (AvgIpc) is 2.97. The zero-order valence-corrected chi connectivity index (χ0v) is 12.3. The summed E-state index contributed by atoms with van der Waals surface area (Å²) in [6, 6.07) is 14.1. The molecule has 0 amide bonds. The van der Waals surface area contributed by atoms with E-state index in [2.05, 4.69) is 27.4 Å². The molecule has 0 aliphatic carbocycles. The van der Waals surface area contributed by atoms with Crippen molar-refractivity contribution < 1.29 is 4.84 Å². The summed E-state index contributed by atoms with van der Waals surface area (Å²) in [7, 11) is 1.52. The van der Waals surface area contributed by atoms with Gasteiger partial charge in [-0.15, -0.1) is 0 Å². The average molecular weight is 292 g/mol. The van der Waals surface area contributed by atoms with Crippen LogP contribution in [0.3, 0.4) is 0 Å². The van der Waals surface area contributed by atoms with Crippen LogP contribution in [0.5, 0.6) is 0 Å². The van der Waals surface area contributed by atoms with Gasteiger partial charge in [0.15, 0.2) is 0 Å². The second-order valence-corrected chi connectivity index (χ2v) is 4.78.